The third-order valence-electron chi connectivity index (χ3n) is 5.10. The van der Waals surface area contributed by atoms with Gasteiger partial charge in [-0.15, -0.1) is 0 Å². The Balaban J connectivity index is 1.67. The van der Waals surface area contributed by atoms with E-state index in [1.54, 1.807) is 0 Å². The molecule has 130 valence electrons. The van der Waals surface area contributed by atoms with E-state index < -0.39 is 0 Å². The Kier molecular flexibility index (Phi) is 4.57. The van der Waals surface area contributed by atoms with E-state index in [-0.39, 0.29) is 12.1 Å². The highest BCUT2D eigenvalue weighted by atomic mass is 15.1. The largest absolute Gasteiger partial charge is 0.364 e. The molecule has 0 radical (unpaired) electrons. The number of amidine groups is 1. The van der Waals surface area contributed by atoms with Crippen LogP contribution in [0.15, 0.2) is 83.9 Å². The summed E-state index contributed by atoms with van der Waals surface area (Å²) in [5.74, 6) is 1.07. The van der Waals surface area contributed by atoms with Gasteiger partial charge in [0.25, 0.3) is 0 Å². The molecule has 1 N–H and O–H groups in total. The average Bonchev–Trinajstić information content (AvgIpc) is 3.10. The number of nitrogens with zero attached hydrogens (tertiary/aromatic N) is 1. The third-order valence-corrected chi connectivity index (χ3v) is 5.10. The van der Waals surface area contributed by atoms with Crippen molar-refractivity contribution in [1.29, 1.82) is 0 Å². The molecule has 1 heterocycles. The fraction of sp³-hybridized carbons (Fsp3) is 0.208. The van der Waals surface area contributed by atoms with Gasteiger partial charge in [0.1, 0.15) is 11.9 Å². The predicted octanol–water partition coefficient (Wildman–Crippen LogP) is 5.33. The minimum atomic E-state index is 0.110. The molecule has 2 nitrogen and oxygen atoms in total. The number of nitrogens with one attached hydrogen (secondary N) is 1. The SMILES string of the molecule is Cc1ccc(C)c(CC2=N[C@H](c3ccccc3)[C@H](c3ccccc3)N2)c1. The van der Waals surface area contributed by atoms with Crippen LogP contribution >= 0.6 is 0 Å². The van der Waals surface area contributed by atoms with E-state index in [1.807, 2.05) is 0 Å². The van der Waals surface area contributed by atoms with Crippen molar-refractivity contribution in [2.24, 2.45) is 4.99 Å². The van der Waals surface area contributed by atoms with Crippen LogP contribution in [-0.2, 0) is 6.42 Å². The summed E-state index contributed by atoms with van der Waals surface area (Å²) >= 11 is 0. The summed E-state index contributed by atoms with van der Waals surface area (Å²) in [6.45, 7) is 4.32. The van der Waals surface area contributed by atoms with Crippen molar-refractivity contribution >= 4 is 5.84 Å². The summed E-state index contributed by atoms with van der Waals surface area (Å²) < 4.78 is 0. The maximum Gasteiger partial charge on any atom is 0.102 e. The Morgan fingerprint density at radius 1 is 0.808 bits per heavy atom. The molecule has 3 aromatic rings. The molecular weight excluding hydrogens is 316 g/mol. The van der Waals surface area contributed by atoms with Crippen LogP contribution in [0.3, 0.4) is 0 Å². The summed E-state index contributed by atoms with van der Waals surface area (Å²) in [5.41, 5.74) is 6.49. The fourth-order valence-electron chi connectivity index (χ4n) is 3.65. The molecule has 0 aliphatic carbocycles. The van der Waals surface area contributed by atoms with E-state index in [9.17, 15) is 0 Å². The molecule has 0 saturated carbocycles. The Labute approximate surface area is 155 Å². The number of rotatable bonds is 4. The third kappa shape index (κ3) is 3.41. The lowest BCUT2D eigenvalue weighted by Crippen LogP contribution is -2.26. The van der Waals surface area contributed by atoms with Gasteiger partial charge in [-0.25, -0.2) is 0 Å². The molecule has 1 aliphatic rings. The molecular formula is C24H24N2. The quantitative estimate of drug-likeness (QED) is 0.682. The molecule has 0 unspecified atom stereocenters. The predicted molar refractivity (Wildman–Crippen MR) is 109 cm³/mol. The monoisotopic (exact) mass is 340 g/mol. The van der Waals surface area contributed by atoms with Gasteiger partial charge in [0.05, 0.1) is 6.04 Å². The number of aliphatic imine (C=N–C) groups is 1. The normalized spacial score (nSPS) is 19.1. The first-order valence-electron chi connectivity index (χ1n) is 9.20. The van der Waals surface area contributed by atoms with Gasteiger partial charge in [-0.2, -0.15) is 0 Å². The molecule has 0 amide bonds. The van der Waals surface area contributed by atoms with Crippen LogP contribution in [0.4, 0.5) is 0 Å². The second kappa shape index (κ2) is 7.17. The van der Waals surface area contributed by atoms with E-state index >= 15 is 0 Å². The van der Waals surface area contributed by atoms with Crippen LogP contribution in [-0.4, -0.2) is 5.84 Å². The van der Waals surface area contributed by atoms with Crippen LogP contribution in [0.25, 0.3) is 0 Å². The minimum Gasteiger partial charge on any atom is -0.364 e. The highest BCUT2D eigenvalue weighted by Crippen LogP contribution is 2.36. The van der Waals surface area contributed by atoms with Gasteiger partial charge in [-0.3, -0.25) is 4.99 Å². The molecule has 1 aliphatic heterocycles. The highest BCUT2D eigenvalue weighted by Gasteiger charge is 2.31. The van der Waals surface area contributed by atoms with Crippen molar-refractivity contribution in [1.82, 2.24) is 5.32 Å². The fourth-order valence-corrected chi connectivity index (χ4v) is 3.65. The van der Waals surface area contributed by atoms with Crippen molar-refractivity contribution < 1.29 is 0 Å². The van der Waals surface area contributed by atoms with Crippen molar-refractivity contribution in [2.45, 2.75) is 32.4 Å². The first kappa shape index (κ1) is 16.6. The lowest BCUT2D eigenvalue weighted by molar-refractivity contribution is 0.572. The number of benzene rings is 3. The van der Waals surface area contributed by atoms with Gasteiger partial charge in [0.15, 0.2) is 0 Å². The topological polar surface area (TPSA) is 24.4 Å². The smallest absolute Gasteiger partial charge is 0.102 e. The van der Waals surface area contributed by atoms with Crippen LogP contribution < -0.4 is 5.32 Å². The zero-order chi connectivity index (χ0) is 17.9. The molecule has 2 heteroatoms. The summed E-state index contributed by atoms with van der Waals surface area (Å²) in [6.07, 6.45) is 0.847. The zero-order valence-corrected chi connectivity index (χ0v) is 15.3. The lowest BCUT2D eigenvalue weighted by Gasteiger charge is -2.19. The van der Waals surface area contributed by atoms with Crippen LogP contribution in [0, 0.1) is 13.8 Å². The summed E-state index contributed by atoms with van der Waals surface area (Å²) in [4.78, 5) is 5.09. The van der Waals surface area contributed by atoms with E-state index in [0.717, 1.165) is 12.3 Å². The van der Waals surface area contributed by atoms with Crippen LogP contribution in [0.2, 0.25) is 0 Å². The Morgan fingerprint density at radius 2 is 1.46 bits per heavy atom. The summed E-state index contributed by atoms with van der Waals surface area (Å²) in [7, 11) is 0. The van der Waals surface area contributed by atoms with Crippen molar-refractivity contribution in [3.05, 3.63) is 107 Å². The van der Waals surface area contributed by atoms with Gasteiger partial charge >= 0.3 is 0 Å². The molecule has 0 spiro atoms. The minimum absolute atomic E-state index is 0.110. The molecule has 0 aromatic heterocycles. The molecule has 2 atom stereocenters. The van der Waals surface area contributed by atoms with Crippen molar-refractivity contribution in [2.75, 3.05) is 0 Å². The van der Waals surface area contributed by atoms with Gasteiger partial charge in [0.2, 0.25) is 0 Å². The average molecular weight is 340 g/mol. The van der Waals surface area contributed by atoms with E-state index in [2.05, 4.69) is 98.0 Å². The number of hydrogen-bond acceptors (Lipinski definition) is 2. The van der Waals surface area contributed by atoms with Crippen LogP contribution in [0.1, 0.15) is 39.9 Å². The van der Waals surface area contributed by atoms with Gasteiger partial charge in [-0.1, -0.05) is 84.4 Å². The number of aryl methyl sites for hydroxylation is 2. The molecule has 0 fully saturated rings. The van der Waals surface area contributed by atoms with Gasteiger partial charge < -0.3 is 5.32 Å². The van der Waals surface area contributed by atoms with E-state index in [4.69, 9.17) is 4.99 Å². The second-order valence-corrected chi connectivity index (χ2v) is 7.07. The molecule has 4 rings (SSSR count). The van der Waals surface area contributed by atoms with E-state index in [0.29, 0.717) is 0 Å². The Bertz CT molecular complexity index is 913. The lowest BCUT2D eigenvalue weighted by atomic mass is 9.95. The van der Waals surface area contributed by atoms with E-state index in [1.165, 1.54) is 27.8 Å². The van der Waals surface area contributed by atoms with Crippen LogP contribution in [0.5, 0.6) is 0 Å². The van der Waals surface area contributed by atoms with Crippen molar-refractivity contribution in [3.63, 3.8) is 0 Å². The zero-order valence-electron chi connectivity index (χ0n) is 15.3. The first-order valence-corrected chi connectivity index (χ1v) is 9.20. The standard InChI is InChI=1S/C24H24N2/c1-17-13-14-18(2)21(15-17)16-22-25-23(19-9-5-3-6-10-19)24(26-22)20-11-7-4-8-12-20/h3-15,23-24H,16H2,1-2H3,(H,25,26)/t23-,24+. The number of hydrogen-bond donors (Lipinski definition) is 1. The van der Waals surface area contributed by atoms with Gasteiger partial charge in [-0.05, 0) is 36.1 Å². The van der Waals surface area contributed by atoms with Gasteiger partial charge in [0, 0.05) is 6.42 Å². The van der Waals surface area contributed by atoms with Crippen molar-refractivity contribution in [3.8, 4) is 0 Å². The highest BCUT2D eigenvalue weighted by molar-refractivity contribution is 5.87. The second-order valence-electron chi connectivity index (χ2n) is 7.07. The molecule has 0 bridgehead atoms. The summed E-state index contributed by atoms with van der Waals surface area (Å²) in [6, 6.07) is 28.1. The molecule has 26 heavy (non-hydrogen) atoms. The maximum atomic E-state index is 5.09. The summed E-state index contributed by atoms with van der Waals surface area (Å²) in [5, 5.41) is 3.70. The molecule has 3 aromatic carbocycles. The Hall–Kier alpha value is -2.87. The first-order chi connectivity index (χ1) is 12.7. The Morgan fingerprint density at radius 3 is 2.15 bits per heavy atom. The maximum absolute atomic E-state index is 5.09. The molecule has 0 saturated heterocycles.